The molecule has 1 unspecified atom stereocenters. The standard InChI is InChI=1S/C18H15N5/c19-15(12-4-2-1-3-5-12)13-6-8-14(9-7-13)16-17-18(22-10-20-16)23-11-21-17/h1-11,15H,19H2,(H,20,21,22,23). The van der Waals surface area contributed by atoms with E-state index in [1.807, 2.05) is 54.6 Å². The highest BCUT2D eigenvalue weighted by atomic mass is 15.0. The topological polar surface area (TPSA) is 80.5 Å². The summed E-state index contributed by atoms with van der Waals surface area (Å²) in [5, 5.41) is 0. The first kappa shape index (κ1) is 13.6. The number of aromatic amines is 1. The molecule has 1 atom stereocenters. The average molecular weight is 301 g/mol. The molecule has 0 saturated heterocycles. The van der Waals surface area contributed by atoms with Crippen molar-refractivity contribution in [1.29, 1.82) is 0 Å². The molecule has 112 valence electrons. The maximum absolute atomic E-state index is 6.34. The number of imidazole rings is 1. The Bertz CT molecular complexity index is 928. The molecule has 0 bridgehead atoms. The molecule has 0 radical (unpaired) electrons. The number of H-pyrrole nitrogens is 1. The number of rotatable bonds is 3. The Balaban J connectivity index is 1.70. The minimum atomic E-state index is -0.136. The minimum absolute atomic E-state index is 0.136. The Morgan fingerprint density at radius 3 is 2.35 bits per heavy atom. The molecular weight excluding hydrogens is 286 g/mol. The fraction of sp³-hybridized carbons (Fsp3) is 0.0556. The molecule has 5 heteroatoms. The Morgan fingerprint density at radius 2 is 1.57 bits per heavy atom. The molecule has 0 saturated carbocycles. The van der Waals surface area contributed by atoms with Crippen molar-refractivity contribution in [3.63, 3.8) is 0 Å². The lowest BCUT2D eigenvalue weighted by Crippen LogP contribution is -2.11. The highest BCUT2D eigenvalue weighted by molar-refractivity contribution is 5.86. The second-order valence-corrected chi connectivity index (χ2v) is 5.33. The van der Waals surface area contributed by atoms with Gasteiger partial charge in [0.15, 0.2) is 5.65 Å². The third-order valence-corrected chi connectivity index (χ3v) is 3.92. The van der Waals surface area contributed by atoms with E-state index in [9.17, 15) is 0 Å². The lowest BCUT2D eigenvalue weighted by molar-refractivity contribution is 0.872. The quantitative estimate of drug-likeness (QED) is 0.609. The zero-order valence-corrected chi connectivity index (χ0v) is 12.3. The predicted molar refractivity (Wildman–Crippen MR) is 89.6 cm³/mol. The van der Waals surface area contributed by atoms with Crippen LogP contribution in [-0.4, -0.2) is 19.9 Å². The van der Waals surface area contributed by atoms with E-state index < -0.39 is 0 Å². The van der Waals surface area contributed by atoms with E-state index in [0.717, 1.165) is 27.9 Å². The van der Waals surface area contributed by atoms with Crippen molar-refractivity contribution in [3.8, 4) is 11.3 Å². The summed E-state index contributed by atoms with van der Waals surface area (Å²) in [5.74, 6) is 0. The summed E-state index contributed by atoms with van der Waals surface area (Å²) in [6.07, 6.45) is 3.16. The van der Waals surface area contributed by atoms with Gasteiger partial charge in [0.05, 0.1) is 18.1 Å². The monoisotopic (exact) mass is 301 g/mol. The molecule has 3 N–H and O–H groups in total. The van der Waals surface area contributed by atoms with Gasteiger partial charge in [-0.15, -0.1) is 0 Å². The number of nitrogens with zero attached hydrogens (tertiary/aromatic N) is 3. The third-order valence-electron chi connectivity index (χ3n) is 3.92. The second kappa shape index (κ2) is 5.62. The van der Waals surface area contributed by atoms with Crippen molar-refractivity contribution in [2.24, 2.45) is 5.73 Å². The van der Waals surface area contributed by atoms with Crippen molar-refractivity contribution in [1.82, 2.24) is 19.9 Å². The van der Waals surface area contributed by atoms with Crippen molar-refractivity contribution in [2.45, 2.75) is 6.04 Å². The van der Waals surface area contributed by atoms with Crippen molar-refractivity contribution in [2.75, 3.05) is 0 Å². The van der Waals surface area contributed by atoms with Gasteiger partial charge in [-0.3, -0.25) is 0 Å². The highest BCUT2D eigenvalue weighted by Crippen LogP contribution is 2.26. The van der Waals surface area contributed by atoms with E-state index in [0.29, 0.717) is 5.65 Å². The summed E-state index contributed by atoms with van der Waals surface area (Å²) in [5.41, 5.74) is 11.9. The molecular formula is C18H15N5. The van der Waals surface area contributed by atoms with Crippen LogP contribution in [0.5, 0.6) is 0 Å². The third kappa shape index (κ3) is 2.47. The maximum Gasteiger partial charge on any atom is 0.181 e. The van der Waals surface area contributed by atoms with E-state index in [4.69, 9.17) is 5.73 Å². The predicted octanol–water partition coefficient (Wildman–Crippen LogP) is 3.07. The van der Waals surface area contributed by atoms with Gasteiger partial charge >= 0.3 is 0 Å². The van der Waals surface area contributed by atoms with Crippen LogP contribution in [0.2, 0.25) is 0 Å². The molecule has 0 aliphatic carbocycles. The summed E-state index contributed by atoms with van der Waals surface area (Å²) in [7, 11) is 0. The van der Waals surface area contributed by atoms with Crippen molar-refractivity contribution < 1.29 is 0 Å². The van der Waals surface area contributed by atoms with Gasteiger partial charge in [0.2, 0.25) is 0 Å². The summed E-state index contributed by atoms with van der Waals surface area (Å²) in [6, 6.07) is 18.1. The first-order valence-electron chi connectivity index (χ1n) is 7.38. The fourth-order valence-electron chi connectivity index (χ4n) is 2.69. The molecule has 0 fully saturated rings. The molecule has 0 aliphatic heterocycles. The Kier molecular flexibility index (Phi) is 3.33. The second-order valence-electron chi connectivity index (χ2n) is 5.33. The number of hydrogen-bond donors (Lipinski definition) is 2. The van der Waals surface area contributed by atoms with Crippen molar-refractivity contribution in [3.05, 3.63) is 78.4 Å². The number of benzene rings is 2. The molecule has 23 heavy (non-hydrogen) atoms. The minimum Gasteiger partial charge on any atom is -0.341 e. The summed E-state index contributed by atoms with van der Waals surface area (Å²) >= 11 is 0. The Labute approximate surface area is 133 Å². The molecule has 0 aliphatic rings. The van der Waals surface area contributed by atoms with Gasteiger partial charge in [0, 0.05) is 5.56 Å². The average Bonchev–Trinajstić information content (AvgIpc) is 3.11. The fourth-order valence-corrected chi connectivity index (χ4v) is 2.69. The Hall–Kier alpha value is -3.05. The van der Waals surface area contributed by atoms with Gasteiger partial charge in [0.25, 0.3) is 0 Å². The Morgan fingerprint density at radius 1 is 0.826 bits per heavy atom. The summed E-state index contributed by atoms with van der Waals surface area (Å²) in [6.45, 7) is 0. The van der Waals surface area contributed by atoms with Crippen LogP contribution in [-0.2, 0) is 0 Å². The first-order chi connectivity index (χ1) is 11.3. The van der Waals surface area contributed by atoms with E-state index in [2.05, 4.69) is 19.9 Å². The van der Waals surface area contributed by atoms with Crippen LogP contribution in [0.4, 0.5) is 0 Å². The van der Waals surface area contributed by atoms with E-state index in [-0.39, 0.29) is 6.04 Å². The van der Waals surface area contributed by atoms with Crippen LogP contribution in [0.1, 0.15) is 17.2 Å². The smallest absolute Gasteiger partial charge is 0.181 e. The van der Waals surface area contributed by atoms with E-state index in [1.165, 1.54) is 6.33 Å². The molecule has 2 heterocycles. The number of aromatic nitrogens is 4. The highest BCUT2D eigenvalue weighted by Gasteiger charge is 2.11. The lowest BCUT2D eigenvalue weighted by atomic mass is 9.98. The first-order valence-corrected chi connectivity index (χ1v) is 7.38. The summed E-state index contributed by atoms with van der Waals surface area (Å²) in [4.78, 5) is 15.8. The van der Waals surface area contributed by atoms with Crippen LogP contribution in [0.3, 0.4) is 0 Å². The van der Waals surface area contributed by atoms with Crippen LogP contribution in [0.25, 0.3) is 22.4 Å². The van der Waals surface area contributed by atoms with Gasteiger partial charge in [-0.25, -0.2) is 15.0 Å². The largest absolute Gasteiger partial charge is 0.341 e. The number of fused-ring (bicyclic) bond motifs is 1. The molecule has 4 rings (SSSR count). The lowest BCUT2D eigenvalue weighted by Gasteiger charge is -2.13. The zero-order valence-electron chi connectivity index (χ0n) is 12.3. The van der Waals surface area contributed by atoms with Gasteiger partial charge < -0.3 is 10.7 Å². The SMILES string of the molecule is NC(c1ccccc1)c1ccc(-c2ncnc3nc[nH]c23)cc1. The van der Waals surface area contributed by atoms with Crippen LogP contribution < -0.4 is 5.73 Å². The van der Waals surface area contributed by atoms with E-state index >= 15 is 0 Å². The molecule has 0 amide bonds. The van der Waals surface area contributed by atoms with Crippen LogP contribution >= 0.6 is 0 Å². The van der Waals surface area contributed by atoms with Crippen molar-refractivity contribution >= 4 is 11.2 Å². The molecule has 2 aromatic heterocycles. The van der Waals surface area contributed by atoms with Gasteiger partial charge in [-0.05, 0) is 11.1 Å². The van der Waals surface area contributed by atoms with Gasteiger partial charge in [0.1, 0.15) is 11.8 Å². The number of hydrogen-bond acceptors (Lipinski definition) is 4. The molecule has 2 aromatic carbocycles. The summed E-state index contributed by atoms with van der Waals surface area (Å²) < 4.78 is 0. The number of nitrogens with one attached hydrogen (secondary N) is 1. The maximum atomic E-state index is 6.34. The molecule has 5 nitrogen and oxygen atoms in total. The molecule has 0 spiro atoms. The van der Waals surface area contributed by atoms with Gasteiger partial charge in [-0.2, -0.15) is 0 Å². The van der Waals surface area contributed by atoms with Crippen LogP contribution in [0.15, 0.2) is 67.3 Å². The zero-order chi connectivity index (χ0) is 15.6. The number of nitrogens with two attached hydrogens (primary N) is 1. The normalized spacial score (nSPS) is 12.4. The van der Waals surface area contributed by atoms with Gasteiger partial charge in [-0.1, -0.05) is 54.6 Å². The van der Waals surface area contributed by atoms with E-state index in [1.54, 1.807) is 6.33 Å². The molecule has 4 aromatic rings. The van der Waals surface area contributed by atoms with Crippen LogP contribution in [0, 0.1) is 0 Å².